The fourth-order valence-corrected chi connectivity index (χ4v) is 7.97. The maximum atomic E-state index is 14.3. The molecule has 2 unspecified atom stereocenters. The monoisotopic (exact) mass is 692 g/mol. The summed E-state index contributed by atoms with van der Waals surface area (Å²) >= 11 is 0. The Bertz CT molecular complexity index is 1460. The first kappa shape index (κ1) is 37.3. The van der Waals surface area contributed by atoms with Crippen molar-refractivity contribution in [3.8, 4) is 0 Å². The molecule has 1 aliphatic heterocycles. The van der Waals surface area contributed by atoms with Crippen molar-refractivity contribution in [3.05, 3.63) is 35.9 Å². The van der Waals surface area contributed by atoms with Gasteiger partial charge in [-0.05, 0) is 60.3 Å². The van der Waals surface area contributed by atoms with Crippen molar-refractivity contribution in [2.24, 2.45) is 28.6 Å². The largest absolute Gasteiger partial charge is 0.350 e. The summed E-state index contributed by atoms with van der Waals surface area (Å²) in [7, 11) is 0. The second-order valence-electron chi connectivity index (χ2n) is 17.0. The van der Waals surface area contributed by atoms with Gasteiger partial charge in [0.2, 0.25) is 23.5 Å². The molecule has 12 nitrogen and oxygen atoms in total. The lowest BCUT2D eigenvalue weighted by Gasteiger charge is -2.39. The quantitative estimate of drug-likeness (QED) is 0.199. The van der Waals surface area contributed by atoms with Gasteiger partial charge in [-0.15, -0.1) is 0 Å². The molecule has 274 valence electrons. The van der Waals surface area contributed by atoms with Crippen molar-refractivity contribution < 1.29 is 28.8 Å². The molecule has 3 aliphatic carbocycles. The first-order valence-electron chi connectivity index (χ1n) is 18.3. The first-order chi connectivity index (χ1) is 23.5. The third kappa shape index (κ3) is 8.84. The van der Waals surface area contributed by atoms with E-state index in [1.165, 1.54) is 0 Å². The Hall–Kier alpha value is -3.96. The molecule has 1 aromatic carbocycles. The van der Waals surface area contributed by atoms with E-state index in [4.69, 9.17) is 0 Å². The number of rotatable bonds is 13. The van der Waals surface area contributed by atoms with Crippen LogP contribution in [0, 0.1) is 28.6 Å². The van der Waals surface area contributed by atoms with Gasteiger partial charge in [0, 0.05) is 18.6 Å². The van der Waals surface area contributed by atoms with Gasteiger partial charge in [-0.1, -0.05) is 97.1 Å². The number of amides is 6. The normalized spacial score (nSPS) is 24.5. The molecular weight excluding hydrogens is 636 g/mol. The van der Waals surface area contributed by atoms with Crippen LogP contribution in [0.1, 0.15) is 98.5 Å². The summed E-state index contributed by atoms with van der Waals surface area (Å²) in [4.78, 5) is 82.2. The fraction of sp³-hybridized carbons (Fsp3) is 0.684. The van der Waals surface area contributed by atoms with Crippen LogP contribution in [0.25, 0.3) is 0 Å². The van der Waals surface area contributed by atoms with Crippen LogP contribution < -0.4 is 26.6 Å². The molecule has 5 rings (SSSR count). The predicted molar refractivity (Wildman–Crippen MR) is 188 cm³/mol. The van der Waals surface area contributed by atoms with Gasteiger partial charge in [-0.3, -0.25) is 24.0 Å². The molecule has 50 heavy (non-hydrogen) atoms. The van der Waals surface area contributed by atoms with E-state index in [2.05, 4.69) is 40.4 Å². The van der Waals surface area contributed by atoms with Crippen LogP contribution in [0.4, 0.5) is 4.79 Å². The molecule has 3 saturated carbocycles. The lowest BCUT2D eigenvalue weighted by Crippen LogP contribution is -2.62. The van der Waals surface area contributed by atoms with E-state index < -0.39 is 53.1 Å². The van der Waals surface area contributed by atoms with Crippen LogP contribution in [0.2, 0.25) is 0 Å². The van der Waals surface area contributed by atoms with E-state index in [9.17, 15) is 28.8 Å². The highest BCUT2D eigenvalue weighted by Gasteiger charge is 2.70. The topological polar surface area (TPSA) is 166 Å². The lowest BCUT2D eigenvalue weighted by atomic mass is 9.83. The number of hydrogen-bond acceptors (Lipinski definition) is 6. The minimum Gasteiger partial charge on any atom is -0.350 e. The van der Waals surface area contributed by atoms with Crippen LogP contribution >= 0.6 is 0 Å². The molecule has 12 heteroatoms. The standard InChI is InChI=1S/C38H56N6O6/c1-36(2,3)31(42-35(50)43-38(6)17-11-8-12-18-38)34(49)44-22-25-28(37(25,4)5)29(44)32(47)41-26(19-23-15-16-23)30(46)33(48)40-21-27(45)39-20-24-13-9-7-10-14-24/h7,9-10,13-14,23,25-26,28-29,31H,8,11-12,15-22H2,1-6H3,(H,39,45)(H,40,48)(H,41,47)(H2,42,43,50)/t25-,26?,28?,29-,31+/m0/s1. The van der Waals surface area contributed by atoms with Gasteiger partial charge in [-0.25, -0.2) is 4.79 Å². The predicted octanol–water partition coefficient (Wildman–Crippen LogP) is 3.19. The average Bonchev–Trinajstić information content (AvgIpc) is 3.91. The summed E-state index contributed by atoms with van der Waals surface area (Å²) < 4.78 is 0. The fourth-order valence-electron chi connectivity index (χ4n) is 7.97. The van der Waals surface area contributed by atoms with Crippen molar-refractivity contribution in [2.75, 3.05) is 13.1 Å². The highest BCUT2D eigenvalue weighted by atomic mass is 16.2. The number of hydrogen-bond donors (Lipinski definition) is 5. The summed E-state index contributed by atoms with van der Waals surface area (Å²) in [6.45, 7) is 12.1. The molecule has 0 spiro atoms. The van der Waals surface area contributed by atoms with Gasteiger partial charge < -0.3 is 31.5 Å². The van der Waals surface area contributed by atoms with Crippen LogP contribution in [0.5, 0.6) is 0 Å². The Labute approximate surface area is 296 Å². The van der Waals surface area contributed by atoms with Crippen molar-refractivity contribution in [2.45, 2.75) is 123 Å². The second-order valence-corrected chi connectivity index (χ2v) is 17.0. The number of urea groups is 1. The van der Waals surface area contributed by atoms with Gasteiger partial charge in [0.25, 0.3) is 5.91 Å². The van der Waals surface area contributed by atoms with Crippen LogP contribution in [-0.2, 0) is 30.5 Å². The molecule has 0 aromatic heterocycles. The highest BCUT2D eigenvalue weighted by molar-refractivity contribution is 6.38. The number of nitrogens with one attached hydrogen (secondary N) is 5. The number of carbonyl (C=O) groups excluding carboxylic acids is 6. The number of likely N-dealkylation sites (tertiary alicyclic amines) is 1. The summed E-state index contributed by atoms with van der Waals surface area (Å²) in [5.41, 5.74) is -0.271. The molecule has 5 N–H and O–H groups in total. The number of nitrogens with zero attached hydrogens (tertiary/aromatic N) is 1. The van der Waals surface area contributed by atoms with Gasteiger partial charge in [-0.2, -0.15) is 0 Å². The number of Topliss-reactive ketones (excluding diaryl/α,β-unsaturated/α-hetero) is 1. The zero-order chi connectivity index (χ0) is 36.4. The molecule has 4 fully saturated rings. The van der Waals surface area contributed by atoms with E-state index in [-0.39, 0.29) is 47.7 Å². The van der Waals surface area contributed by atoms with Crippen molar-refractivity contribution >= 4 is 35.4 Å². The number of piperidine rings is 1. The molecule has 1 saturated heterocycles. The third-order valence-electron chi connectivity index (χ3n) is 11.4. The van der Waals surface area contributed by atoms with E-state index in [1.54, 1.807) is 4.90 Å². The minimum atomic E-state index is -1.08. The zero-order valence-corrected chi connectivity index (χ0v) is 30.5. The summed E-state index contributed by atoms with van der Waals surface area (Å²) in [5.74, 6) is -2.84. The van der Waals surface area contributed by atoms with Crippen LogP contribution in [0.3, 0.4) is 0 Å². The summed E-state index contributed by atoms with van der Waals surface area (Å²) in [6.07, 6.45) is 7.08. The highest BCUT2D eigenvalue weighted by Crippen LogP contribution is 2.65. The number of ketones is 1. The summed E-state index contributed by atoms with van der Waals surface area (Å²) in [5, 5.41) is 14.1. The van der Waals surface area contributed by atoms with Gasteiger partial charge >= 0.3 is 6.03 Å². The van der Waals surface area contributed by atoms with Crippen LogP contribution in [-0.4, -0.2) is 77.1 Å². The van der Waals surface area contributed by atoms with E-state index in [0.29, 0.717) is 13.0 Å². The molecule has 0 radical (unpaired) electrons. The van der Waals surface area contributed by atoms with Crippen molar-refractivity contribution in [1.29, 1.82) is 0 Å². The number of fused-ring (bicyclic) bond motifs is 1. The lowest BCUT2D eigenvalue weighted by molar-refractivity contribution is -0.145. The minimum absolute atomic E-state index is 0.0908. The zero-order valence-electron chi connectivity index (χ0n) is 30.5. The Morgan fingerprint density at radius 1 is 0.900 bits per heavy atom. The Kier molecular flexibility index (Phi) is 11.0. The van der Waals surface area contributed by atoms with Crippen molar-refractivity contribution in [3.63, 3.8) is 0 Å². The van der Waals surface area contributed by atoms with Gasteiger partial charge in [0.15, 0.2) is 0 Å². The SMILES string of the molecule is CC1(NC(=O)N[C@H](C(=O)N2C[C@H]3C([C@H]2C(=O)NC(CC2CC2)C(=O)C(=O)NCC(=O)NCc2ccccc2)C3(C)C)C(C)(C)C)CCCCC1. The third-order valence-corrected chi connectivity index (χ3v) is 11.4. The molecule has 5 atom stereocenters. The molecule has 6 amide bonds. The molecule has 0 bridgehead atoms. The smallest absolute Gasteiger partial charge is 0.315 e. The van der Waals surface area contributed by atoms with E-state index in [1.807, 2.05) is 58.0 Å². The first-order valence-corrected chi connectivity index (χ1v) is 18.3. The number of carbonyl (C=O) groups is 6. The molecule has 1 aromatic rings. The Balaban J connectivity index is 1.24. The van der Waals surface area contributed by atoms with Gasteiger partial charge in [0.05, 0.1) is 12.6 Å². The Morgan fingerprint density at radius 3 is 2.18 bits per heavy atom. The molecule has 4 aliphatic rings. The van der Waals surface area contributed by atoms with E-state index >= 15 is 0 Å². The van der Waals surface area contributed by atoms with Crippen molar-refractivity contribution in [1.82, 2.24) is 31.5 Å². The van der Waals surface area contributed by atoms with Crippen LogP contribution in [0.15, 0.2) is 30.3 Å². The number of benzene rings is 1. The van der Waals surface area contributed by atoms with Gasteiger partial charge in [0.1, 0.15) is 12.1 Å². The molecule has 1 heterocycles. The maximum absolute atomic E-state index is 14.3. The maximum Gasteiger partial charge on any atom is 0.315 e. The van der Waals surface area contributed by atoms with E-state index in [0.717, 1.165) is 50.5 Å². The average molecular weight is 693 g/mol. The second kappa shape index (κ2) is 14.7. The summed E-state index contributed by atoms with van der Waals surface area (Å²) in [6, 6.07) is 6.10. The Morgan fingerprint density at radius 2 is 1.56 bits per heavy atom. The molecular formula is C38H56N6O6.